The van der Waals surface area contributed by atoms with Gasteiger partial charge >= 0.3 is 0 Å². The van der Waals surface area contributed by atoms with E-state index in [1.165, 1.54) is 15.2 Å². The van der Waals surface area contributed by atoms with Gasteiger partial charge in [0.25, 0.3) is 0 Å². The van der Waals surface area contributed by atoms with Crippen LogP contribution in [0, 0.1) is 0 Å². The van der Waals surface area contributed by atoms with E-state index in [2.05, 4.69) is 4.98 Å². The first-order chi connectivity index (χ1) is 18.8. The molecule has 39 heavy (non-hydrogen) atoms. The van der Waals surface area contributed by atoms with E-state index in [9.17, 15) is 13.2 Å². The number of ether oxygens (including phenoxy) is 1. The van der Waals surface area contributed by atoms with Crippen molar-refractivity contribution in [3.8, 4) is 0 Å². The first-order valence-electron chi connectivity index (χ1n) is 12.4. The molecule has 0 unspecified atom stereocenters. The zero-order chi connectivity index (χ0) is 27.6. The minimum Gasteiger partial charge on any atom is -0.385 e. The minimum atomic E-state index is -4.06. The number of para-hydroxylation sites is 1. The second-order valence-corrected chi connectivity index (χ2v) is 13.0. The summed E-state index contributed by atoms with van der Waals surface area (Å²) in [4.78, 5) is 21.3. The quantitative estimate of drug-likeness (QED) is 0.226. The van der Waals surface area contributed by atoms with Crippen molar-refractivity contribution >= 4 is 61.4 Å². The van der Waals surface area contributed by atoms with Crippen molar-refractivity contribution in [1.29, 1.82) is 0 Å². The predicted molar refractivity (Wildman–Crippen MR) is 155 cm³/mol. The molecule has 1 aliphatic rings. The molecule has 3 heterocycles. The summed E-state index contributed by atoms with van der Waals surface area (Å²) in [5, 5.41) is 3.67. The molecule has 2 aromatic carbocycles. The average Bonchev–Trinajstić information content (AvgIpc) is 3.41. The Kier molecular flexibility index (Phi) is 8.56. The number of carbonyl (C=O) groups excluding carboxylic acids is 1. The molecular formula is C28H27Cl2N3O4S2. The Morgan fingerprint density at radius 2 is 1.97 bits per heavy atom. The van der Waals surface area contributed by atoms with Gasteiger partial charge < -0.3 is 9.64 Å². The van der Waals surface area contributed by atoms with Crippen molar-refractivity contribution in [2.75, 3.05) is 33.4 Å². The first kappa shape index (κ1) is 28.0. The Morgan fingerprint density at radius 1 is 1.15 bits per heavy atom. The number of hydrogen-bond donors (Lipinski definition) is 0. The number of aromatic nitrogens is 1. The van der Waals surface area contributed by atoms with Crippen LogP contribution in [0.4, 0.5) is 0 Å². The molecule has 0 spiro atoms. The van der Waals surface area contributed by atoms with Gasteiger partial charge in [0, 0.05) is 53.3 Å². The summed E-state index contributed by atoms with van der Waals surface area (Å²) in [5.41, 5.74) is 2.12. The number of methoxy groups -OCH3 is 1. The highest BCUT2D eigenvalue weighted by Gasteiger charge is 2.37. The van der Waals surface area contributed by atoms with Crippen LogP contribution in [0.5, 0.6) is 0 Å². The number of sulfonamides is 1. The molecule has 0 aliphatic carbocycles. The number of nitrogens with zero attached hydrogens (tertiary/aromatic N) is 3. The smallest absolute Gasteiger partial charge is 0.245 e. The van der Waals surface area contributed by atoms with Gasteiger partial charge in [0.2, 0.25) is 15.9 Å². The molecule has 0 fully saturated rings. The summed E-state index contributed by atoms with van der Waals surface area (Å²) in [5.74, 6) is -0.308. The maximum atomic E-state index is 14.0. The van der Waals surface area contributed by atoms with E-state index in [1.807, 2.05) is 29.6 Å². The largest absolute Gasteiger partial charge is 0.385 e. The average molecular weight is 605 g/mol. The lowest BCUT2D eigenvalue weighted by atomic mass is 9.93. The van der Waals surface area contributed by atoms with Gasteiger partial charge in [-0.2, -0.15) is 4.31 Å². The van der Waals surface area contributed by atoms with Gasteiger partial charge in [-0.1, -0.05) is 47.5 Å². The Labute approximate surface area is 242 Å². The van der Waals surface area contributed by atoms with Crippen molar-refractivity contribution in [3.05, 3.63) is 92.2 Å². The maximum absolute atomic E-state index is 14.0. The number of thiophene rings is 1. The van der Waals surface area contributed by atoms with E-state index in [-0.39, 0.29) is 23.9 Å². The fraction of sp³-hybridized carbons (Fsp3) is 0.286. The molecule has 1 aliphatic heterocycles. The highest BCUT2D eigenvalue weighted by Crippen LogP contribution is 2.41. The zero-order valence-electron chi connectivity index (χ0n) is 21.2. The van der Waals surface area contributed by atoms with Crippen LogP contribution in [0.2, 0.25) is 10.0 Å². The molecule has 7 nitrogen and oxygen atoms in total. The Hall–Kier alpha value is -2.53. The first-order valence-corrected chi connectivity index (χ1v) is 15.5. The second-order valence-electron chi connectivity index (χ2n) is 9.22. The molecule has 5 rings (SSSR count). The summed E-state index contributed by atoms with van der Waals surface area (Å²) < 4.78 is 34.4. The van der Waals surface area contributed by atoms with Crippen molar-refractivity contribution in [1.82, 2.24) is 14.2 Å². The molecule has 0 N–H and O–H groups in total. The Bertz CT molecular complexity index is 1600. The number of halogens is 2. The van der Waals surface area contributed by atoms with Gasteiger partial charge in [-0.05, 0) is 59.7 Å². The molecule has 0 radical (unpaired) electrons. The number of hydrogen-bond acceptors (Lipinski definition) is 6. The van der Waals surface area contributed by atoms with Crippen LogP contribution < -0.4 is 0 Å². The number of benzene rings is 2. The lowest BCUT2D eigenvalue weighted by Gasteiger charge is -2.38. The third-order valence-electron chi connectivity index (χ3n) is 6.82. The lowest BCUT2D eigenvalue weighted by Crippen LogP contribution is -2.47. The molecular weight excluding hydrogens is 577 g/mol. The van der Waals surface area contributed by atoms with Crippen molar-refractivity contribution in [2.24, 2.45) is 0 Å². The zero-order valence-corrected chi connectivity index (χ0v) is 24.4. The van der Waals surface area contributed by atoms with Gasteiger partial charge in [0.05, 0.1) is 18.1 Å². The topological polar surface area (TPSA) is 79.8 Å². The lowest BCUT2D eigenvalue weighted by molar-refractivity contribution is -0.133. The van der Waals surface area contributed by atoms with E-state index in [1.54, 1.807) is 53.8 Å². The molecule has 204 valence electrons. The number of rotatable bonds is 9. The molecule has 0 saturated carbocycles. The van der Waals surface area contributed by atoms with Gasteiger partial charge in [0.1, 0.15) is 4.90 Å². The van der Waals surface area contributed by atoms with Crippen LogP contribution in [-0.4, -0.2) is 61.9 Å². The van der Waals surface area contributed by atoms with Gasteiger partial charge in [-0.25, -0.2) is 8.42 Å². The van der Waals surface area contributed by atoms with E-state index >= 15 is 0 Å². The summed E-state index contributed by atoms with van der Waals surface area (Å²) in [7, 11) is -2.50. The van der Waals surface area contributed by atoms with Crippen LogP contribution in [0.1, 0.15) is 28.5 Å². The van der Waals surface area contributed by atoms with E-state index in [0.717, 1.165) is 11.1 Å². The van der Waals surface area contributed by atoms with Crippen LogP contribution in [0.25, 0.3) is 10.9 Å². The number of carbonyl (C=O) groups is 1. The predicted octanol–water partition coefficient (Wildman–Crippen LogP) is 5.80. The van der Waals surface area contributed by atoms with E-state index in [0.29, 0.717) is 46.9 Å². The molecule has 1 atom stereocenters. The summed E-state index contributed by atoms with van der Waals surface area (Å²) in [6.07, 6.45) is 2.68. The normalized spacial score (nSPS) is 15.6. The minimum absolute atomic E-state index is 0.0712. The maximum Gasteiger partial charge on any atom is 0.245 e. The molecule has 0 bridgehead atoms. The van der Waals surface area contributed by atoms with Gasteiger partial charge in [0.15, 0.2) is 0 Å². The molecule has 1 amide bonds. The van der Waals surface area contributed by atoms with Crippen LogP contribution in [0.15, 0.2) is 71.1 Å². The standard InChI is InChI=1S/C28H27Cl2N3O4S2/c1-37-15-4-13-32(39(35,36)25-7-2-5-19-6-3-12-31-27(19)25)18-26(34)33-14-10-24-22(11-16-38-24)28(33)21-9-8-20(29)17-23(21)30/h2-3,5-9,11-12,16-17,28H,4,10,13-15,18H2,1H3/t28-/m1/s1. The highest BCUT2D eigenvalue weighted by molar-refractivity contribution is 7.89. The summed E-state index contributed by atoms with van der Waals surface area (Å²) in [6.45, 7) is 0.599. The van der Waals surface area contributed by atoms with Gasteiger partial charge in [-0.15, -0.1) is 11.3 Å². The fourth-order valence-corrected chi connectivity index (χ4v) is 7.99. The third-order valence-corrected chi connectivity index (χ3v) is 10.3. The molecule has 11 heteroatoms. The van der Waals surface area contributed by atoms with E-state index < -0.39 is 16.1 Å². The molecule has 2 aromatic heterocycles. The summed E-state index contributed by atoms with van der Waals surface area (Å²) in [6, 6.07) is 15.4. The van der Waals surface area contributed by atoms with Crippen molar-refractivity contribution < 1.29 is 17.9 Å². The van der Waals surface area contributed by atoms with Crippen LogP contribution >= 0.6 is 34.5 Å². The van der Waals surface area contributed by atoms with Crippen LogP contribution in [0.3, 0.4) is 0 Å². The Balaban J connectivity index is 1.51. The SMILES string of the molecule is COCCCN(CC(=O)N1CCc2sccc2[C@H]1c1ccc(Cl)cc1Cl)S(=O)(=O)c1cccc2cccnc12. The molecule has 4 aromatic rings. The van der Waals surface area contributed by atoms with Crippen molar-refractivity contribution in [2.45, 2.75) is 23.8 Å². The van der Waals surface area contributed by atoms with Crippen molar-refractivity contribution in [3.63, 3.8) is 0 Å². The monoisotopic (exact) mass is 603 g/mol. The van der Waals surface area contributed by atoms with Crippen LogP contribution in [-0.2, 0) is 26.0 Å². The highest BCUT2D eigenvalue weighted by atomic mass is 35.5. The Morgan fingerprint density at radius 3 is 2.77 bits per heavy atom. The number of fused-ring (bicyclic) bond motifs is 2. The third kappa shape index (κ3) is 5.70. The number of amides is 1. The van der Waals surface area contributed by atoms with Gasteiger partial charge in [-0.3, -0.25) is 9.78 Å². The number of pyridine rings is 1. The summed E-state index contributed by atoms with van der Waals surface area (Å²) >= 11 is 14.4. The van der Waals surface area contributed by atoms with E-state index in [4.69, 9.17) is 27.9 Å². The molecule has 0 saturated heterocycles. The fourth-order valence-electron chi connectivity index (χ4n) is 4.98. The second kappa shape index (κ2) is 11.9.